The monoisotopic (exact) mass is 362 g/mol. The van der Waals surface area contributed by atoms with Gasteiger partial charge in [-0.25, -0.2) is 4.99 Å². The van der Waals surface area contributed by atoms with Crippen LogP contribution in [0.4, 0.5) is 0 Å². The van der Waals surface area contributed by atoms with Crippen molar-refractivity contribution in [2.75, 3.05) is 0 Å². The summed E-state index contributed by atoms with van der Waals surface area (Å²) in [4.78, 5) is 4.66. The van der Waals surface area contributed by atoms with Gasteiger partial charge < -0.3 is 5.32 Å². The first kappa shape index (κ1) is 14.2. The van der Waals surface area contributed by atoms with Crippen LogP contribution in [0.1, 0.15) is 5.56 Å². The van der Waals surface area contributed by atoms with E-state index in [0.717, 1.165) is 16.0 Å². The van der Waals surface area contributed by atoms with E-state index < -0.39 is 0 Å². The van der Waals surface area contributed by atoms with Crippen LogP contribution in [-0.4, -0.2) is 10.8 Å². The fraction of sp³-hybridized carbons (Fsp3) is 0.0500. The number of halogens is 1. The molecule has 1 heterocycles. The first-order chi connectivity index (χ1) is 11.3. The third-order valence-electron chi connectivity index (χ3n) is 4.05. The molecule has 0 saturated carbocycles. The lowest BCUT2D eigenvalue weighted by molar-refractivity contribution is 0.842. The van der Waals surface area contributed by atoms with Crippen LogP contribution in [0.5, 0.6) is 0 Å². The van der Waals surface area contributed by atoms with Crippen molar-refractivity contribution >= 4 is 26.4 Å². The third-order valence-corrected chi connectivity index (χ3v) is 4.46. The molecule has 0 radical (unpaired) electrons. The lowest BCUT2D eigenvalue weighted by atomic mass is 9.94. The third kappa shape index (κ3) is 2.80. The molecule has 2 aromatic rings. The summed E-state index contributed by atoms with van der Waals surface area (Å²) in [6.07, 6.45) is 8.38. The van der Waals surface area contributed by atoms with E-state index in [9.17, 15) is 0 Å². The van der Waals surface area contributed by atoms with Crippen molar-refractivity contribution in [1.82, 2.24) is 5.32 Å². The van der Waals surface area contributed by atoms with E-state index in [-0.39, 0.29) is 6.04 Å². The molecule has 2 nitrogen and oxygen atoms in total. The minimum atomic E-state index is 0.177. The van der Waals surface area contributed by atoms with E-state index in [1.54, 1.807) is 0 Å². The number of nitrogens with zero attached hydrogens (tertiary/aromatic N) is 1. The van der Waals surface area contributed by atoms with Gasteiger partial charge in [-0.1, -0.05) is 78.9 Å². The highest BCUT2D eigenvalue weighted by atomic mass is 79.9. The molecule has 1 N–H and O–H groups in total. The van der Waals surface area contributed by atoms with Crippen molar-refractivity contribution in [2.24, 2.45) is 4.99 Å². The van der Waals surface area contributed by atoms with Gasteiger partial charge in [-0.15, -0.1) is 0 Å². The van der Waals surface area contributed by atoms with Gasteiger partial charge in [0.15, 0.2) is 4.74 Å². The summed E-state index contributed by atoms with van der Waals surface area (Å²) in [5, 5.41) is 3.33. The molecule has 4 rings (SSSR count). The Morgan fingerprint density at radius 1 is 0.826 bits per heavy atom. The topological polar surface area (TPSA) is 24.4 Å². The van der Waals surface area contributed by atoms with Gasteiger partial charge in [0, 0.05) is 11.1 Å². The van der Waals surface area contributed by atoms with Gasteiger partial charge in [0.2, 0.25) is 0 Å². The highest BCUT2D eigenvalue weighted by molar-refractivity contribution is 9.18. The first-order valence-corrected chi connectivity index (χ1v) is 8.36. The van der Waals surface area contributed by atoms with E-state index in [4.69, 9.17) is 0 Å². The zero-order valence-electron chi connectivity index (χ0n) is 12.4. The Morgan fingerprint density at radius 2 is 1.52 bits per heavy atom. The van der Waals surface area contributed by atoms with E-state index in [0.29, 0.717) is 0 Å². The van der Waals surface area contributed by atoms with Gasteiger partial charge in [-0.2, -0.15) is 0 Å². The number of hydrogen-bond donors (Lipinski definition) is 1. The lowest BCUT2D eigenvalue weighted by Gasteiger charge is -2.25. The number of nitrogens with one attached hydrogen (secondary N) is 1. The Balaban J connectivity index is 1.74. The number of allylic oxidation sites excluding steroid dienone is 2. The molecule has 0 amide bonds. The second-order valence-corrected chi connectivity index (χ2v) is 6.27. The van der Waals surface area contributed by atoms with Gasteiger partial charge in [-0.05, 0) is 27.1 Å². The van der Waals surface area contributed by atoms with Gasteiger partial charge in [0.25, 0.3) is 0 Å². The van der Waals surface area contributed by atoms with Crippen LogP contribution in [0.15, 0.2) is 89.5 Å². The van der Waals surface area contributed by atoms with Gasteiger partial charge in [0.05, 0.1) is 11.7 Å². The predicted octanol–water partition coefficient (Wildman–Crippen LogP) is 4.91. The molecule has 1 aliphatic carbocycles. The van der Waals surface area contributed by atoms with Gasteiger partial charge in [-0.3, -0.25) is 0 Å². The van der Waals surface area contributed by atoms with Gasteiger partial charge >= 0.3 is 0 Å². The van der Waals surface area contributed by atoms with Crippen LogP contribution in [0.2, 0.25) is 0 Å². The highest BCUT2D eigenvalue weighted by Gasteiger charge is 2.22. The van der Waals surface area contributed by atoms with E-state index in [2.05, 4.69) is 99.1 Å². The molecule has 1 aliphatic heterocycles. The quantitative estimate of drug-likeness (QED) is 0.753. The average Bonchev–Trinajstić information content (AvgIpc) is 2.62. The Hall–Kier alpha value is -2.39. The SMILES string of the molecule is BrC1=NC(c2ccc(-c3ccccc3)cc2)=C2C=CC=CC2N1. The standard InChI is InChI=1S/C20H15BrN2/c21-20-22-18-9-5-4-8-17(18)19(23-20)16-12-10-15(11-13-16)14-6-2-1-3-7-14/h1-13,18H,(H,22,23). The summed E-state index contributed by atoms with van der Waals surface area (Å²) in [6, 6.07) is 19.2. The van der Waals surface area contributed by atoms with Crippen molar-refractivity contribution in [1.29, 1.82) is 0 Å². The molecule has 0 aromatic heterocycles. The van der Waals surface area contributed by atoms with Crippen molar-refractivity contribution in [2.45, 2.75) is 6.04 Å². The summed E-state index contributed by atoms with van der Waals surface area (Å²) in [5.74, 6) is 0. The van der Waals surface area contributed by atoms with E-state index >= 15 is 0 Å². The molecule has 1 unspecified atom stereocenters. The maximum Gasteiger partial charge on any atom is 0.171 e. The molecule has 0 bridgehead atoms. The largest absolute Gasteiger partial charge is 0.354 e. The van der Waals surface area contributed by atoms with Crippen molar-refractivity contribution < 1.29 is 0 Å². The molecular formula is C20H15BrN2. The first-order valence-electron chi connectivity index (χ1n) is 7.57. The van der Waals surface area contributed by atoms with Crippen molar-refractivity contribution in [3.63, 3.8) is 0 Å². The molecule has 0 fully saturated rings. The maximum atomic E-state index is 4.66. The Labute approximate surface area is 144 Å². The smallest absolute Gasteiger partial charge is 0.171 e. The lowest BCUT2D eigenvalue weighted by Crippen LogP contribution is -2.35. The van der Waals surface area contributed by atoms with E-state index in [1.807, 2.05) is 6.07 Å². The maximum absolute atomic E-state index is 4.66. The van der Waals surface area contributed by atoms with Crippen molar-refractivity contribution in [3.05, 3.63) is 90.0 Å². The zero-order chi connectivity index (χ0) is 15.6. The fourth-order valence-electron chi connectivity index (χ4n) is 2.90. The summed E-state index contributed by atoms with van der Waals surface area (Å²) < 4.78 is 0.772. The summed E-state index contributed by atoms with van der Waals surface area (Å²) in [5.41, 5.74) is 5.78. The molecule has 112 valence electrons. The minimum absolute atomic E-state index is 0.177. The van der Waals surface area contributed by atoms with E-state index in [1.165, 1.54) is 16.7 Å². The number of amidine groups is 1. The average molecular weight is 363 g/mol. The number of aliphatic imine (C=N–C) groups is 1. The Morgan fingerprint density at radius 3 is 2.30 bits per heavy atom. The second kappa shape index (κ2) is 6.01. The number of fused-ring (bicyclic) bond motifs is 1. The summed E-state index contributed by atoms with van der Waals surface area (Å²) >= 11 is 3.49. The molecule has 3 heteroatoms. The summed E-state index contributed by atoms with van der Waals surface area (Å²) in [6.45, 7) is 0. The predicted molar refractivity (Wildman–Crippen MR) is 100 cm³/mol. The van der Waals surface area contributed by atoms with Crippen LogP contribution >= 0.6 is 15.9 Å². The number of hydrogen-bond acceptors (Lipinski definition) is 2. The fourth-order valence-corrected chi connectivity index (χ4v) is 3.32. The number of benzene rings is 2. The van der Waals surface area contributed by atoms with Gasteiger partial charge in [0.1, 0.15) is 0 Å². The zero-order valence-corrected chi connectivity index (χ0v) is 14.0. The van der Waals surface area contributed by atoms with Crippen LogP contribution in [-0.2, 0) is 0 Å². The number of rotatable bonds is 2. The Kier molecular flexibility index (Phi) is 3.72. The molecule has 1 atom stereocenters. The molecule has 2 aromatic carbocycles. The second-order valence-electron chi connectivity index (χ2n) is 5.52. The molecule has 23 heavy (non-hydrogen) atoms. The normalized spacial score (nSPS) is 19.2. The molecule has 0 spiro atoms. The van der Waals surface area contributed by atoms with Crippen molar-refractivity contribution in [3.8, 4) is 11.1 Å². The van der Waals surface area contributed by atoms with Crippen LogP contribution in [0.3, 0.4) is 0 Å². The summed E-state index contributed by atoms with van der Waals surface area (Å²) in [7, 11) is 0. The van der Waals surface area contributed by atoms with Crippen LogP contribution in [0, 0.1) is 0 Å². The highest BCUT2D eigenvalue weighted by Crippen LogP contribution is 2.31. The molecular weight excluding hydrogens is 348 g/mol. The molecule has 2 aliphatic rings. The Bertz CT molecular complexity index is 843. The minimum Gasteiger partial charge on any atom is -0.354 e. The van der Waals surface area contributed by atoms with Crippen LogP contribution < -0.4 is 5.32 Å². The molecule has 0 saturated heterocycles. The van der Waals surface area contributed by atoms with Crippen LogP contribution in [0.25, 0.3) is 16.8 Å².